The summed E-state index contributed by atoms with van der Waals surface area (Å²) in [5.74, 6) is -1.23. The summed E-state index contributed by atoms with van der Waals surface area (Å²) in [5, 5.41) is 22.3. The van der Waals surface area contributed by atoms with Gasteiger partial charge in [-0.15, -0.1) is 5.10 Å². The van der Waals surface area contributed by atoms with Gasteiger partial charge in [-0.25, -0.2) is 13.5 Å². The van der Waals surface area contributed by atoms with Gasteiger partial charge in [0.1, 0.15) is 5.76 Å². The Balaban J connectivity index is 1.53. The number of aliphatic hydroxyl groups is 1. The molecule has 0 aliphatic carbocycles. The van der Waals surface area contributed by atoms with Gasteiger partial charge in [-0.3, -0.25) is 4.79 Å². The number of rotatable bonds is 10. The van der Waals surface area contributed by atoms with Gasteiger partial charge in [-0.05, 0) is 35.3 Å². The standard InChI is InChI=1S/C20H25F2N5O2S/c1-26-20(23-24-25-26)30-12-6-5-11-27-16(9-10-17(27)28)19(29)18(22)15(21)13-14-7-3-2-4-8-14/h2-4,7-8,15-16,29H,5-6,9-13H2,1H3/b19-18+/t15?,16-/m1/s1. The Morgan fingerprint density at radius 1 is 1.33 bits per heavy atom. The molecule has 1 N–H and O–H groups in total. The number of hydrogen-bond acceptors (Lipinski definition) is 6. The number of alkyl halides is 1. The number of carbonyl (C=O) groups is 1. The van der Waals surface area contributed by atoms with E-state index in [9.17, 15) is 18.7 Å². The second-order valence-corrected chi connectivity index (χ2v) is 8.23. The summed E-state index contributed by atoms with van der Waals surface area (Å²) in [7, 11) is 1.76. The Labute approximate surface area is 178 Å². The van der Waals surface area contributed by atoms with Crippen molar-refractivity contribution in [1.29, 1.82) is 0 Å². The van der Waals surface area contributed by atoms with Crippen LogP contribution in [0.25, 0.3) is 0 Å². The molecular weight excluding hydrogens is 412 g/mol. The Morgan fingerprint density at radius 2 is 2.10 bits per heavy atom. The maximum Gasteiger partial charge on any atom is 0.223 e. The maximum atomic E-state index is 14.6. The van der Waals surface area contributed by atoms with Crippen LogP contribution in [0.3, 0.4) is 0 Å². The number of unbranched alkanes of at least 4 members (excludes halogenated alkanes) is 1. The minimum absolute atomic E-state index is 0.150. The van der Waals surface area contributed by atoms with Gasteiger partial charge >= 0.3 is 0 Å². The molecule has 3 rings (SSSR count). The molecule has 2 aromatic rings. The number of hydrogen-bond donors (Lipinski definition) is 1. The van der Waals surface area contributed by atoms with E-state index in [-0.39, 0.29) is 25.2 Å². The molecule has 1 aliphatic rings. The largest absolute Gasteiger partial charge is 0.507 e. The van der Waals surface area contributed by atoms with Crippen molar-refractivity contribution >= 4 is 17.7 Å². The van der Waals surface area contributed by atoms with E-state index in [0.717, 1.165) is 12.2 Å². The van der Waals surface area contributed by atoms with Crippen molar-refractivity contribution in [2.24, 2.45) is 7.05 Å². The predicted molar refractivity (Wildman–Crippen MR) is 109 cm³/mol. The SMILES string of the molecule is Cn1nnnc1SCCCCN1C(=O)CC[C@@H]1/C(O)=C(\F)C(F)Cc1ccccc1. The Morgan fingerprint density at radius 3 is 2.80 bits per heavy atom. The van der Waals surface area contributed by atoms with E-state index in [4.69, 9.17) is 0 Å². The molecule has 0 spiro atoms. The predicted octanol–water partition coefficient (Wildman–Crippen LogP) is 3.39. The summed E-state index contributed by atoms with van der Waals surface area (Å²) in [6.07, 6.45) is -0.126. The molecule has 1 fully saturated rings. The molecule has 1 aliphatic heterocycles. The fraction of sp³-hybridized carbons (Fsp3) is 0.500. The second-order valence-electron chi connectivity index (χ2n) is 7.17. The molecule has 0 saturated carbocycles. The fourth-order valence-corrected chi connectivity index (χ4v) is 4.27. The molecule has 1 aromatic heterocycles. The molecule has 1 aromatic carbocycles. The Bertz CT molecular complexity index is 877. The van der Waals surface area contributed by atoms with Gasteiger partial charge in [0.15, 0.2) is 12.0 Å². The Hall–Kier alpha value is -2.49. The number of benzene rings is 1. The molecule has 1 amide bonds. The highest BCUT2D eigenvalue weighted by molar-refractivity contribution is 7.99. The van der Waals surface area contributed by atoms with Crippen molar-refractivity contribution in [3.63, 3.8) is 0 Å². The number of allylic oxidation sites excluding steroid dienone is 1. The first-order chi connectivity index (χ1) is 14.5. The lowest BCUT2D eigenvalue weighted by atomic mass is 10.0. The van der Waals surface area contributed by atoms with Gasteiger partial charge < -0.3 is 10.0 Å². The van der Waals surface area contributed by atoms with Crippen molar-refractivity contribution in [3.05, 3.63) is 47.5 Å². The number of amides is 1. The van der Waals surface area contributed by atoms with Crippen LogP contribution in [0.1, 0.15) is 31.2 Å². The van der Waals surface area contributed by atoms with Crippen molar-refractivity contribution in [1.82, 2.24) is 25.1 Å². The lowest BCUT2D eigenvalue weighted by Gasteiger charge is -2.25. The quantitative estimate of drug-likeness (QED) is 0.348. The highest BCUT2D eigenvalue weighted by atomic mass is 32.2. The zero-order chi connectivity index (χ0) is 21.5. The second kappa shape index (κ2) is 10.5. The third kappa shape index (κ3) is 5.56. The van der Waals surface area contributed by atoms with Gasteiger partial charge in [0, 0.05) is 32.2 Å². The van der Waals surface area contributed by atoms with Crippen LogP contribution in [0, 0.1) is 0 Å². The fourth-order valence-electron chi connectivity index (χ4n) is 3.42. The summed E-state index contributed by atoms with van der Waals surface area (Å²) in [6, 6.07) is 7.90. The number of nitrogens with zero attached hydrogens (tertiary/aromatic N) is 5. The van der Waals surface area contributed by atoms with Gasteiger partial charge in [-0.1, -0.05) is 42.1 Å². The molecule has 2 atom stereocenters. The summed E-state index contributed by atoms with van der Waals surface area (Å²) < 4.78 is 30.6. The first-order valence-corrected chi connectivity index (χ1v) is 10.9. The van der Waals surface area contributed by atoms with Crippen LogP contribution >= 0.6 is 11.8 Å². The molecule has 2 heterocycles. The number of thioether (sulfide) groups is 1. The Kier molecular flexibility index (Phi) is 7.78. The number of carbonyl (C=O) groups excluding carboxylic acids is 1. The third-order valence-electron chi connectivity index (χ3n) is 5.03. The zero-order valence-electron chi connectivity index (χ0n) is 16.7. The van der Waals surface area contributed by atoms with Gasteiger partial charge in [0.25, 0.3) is 0 Å². The number of aryl methyl sites for hydroxylation is 1. The highest BCUT2D eigenvalue weighted by Crippen LogP contribution is 2.29. The van der Waals surface area contributed by atoms with Crippen LogP contribution < -0.4 is 0 Å². The molecule has 10 heteroatoms. The average molecular weight is 438 g/mol. The molecular formula is C20H25F2N5O2S. The molecule has 0 bridgehead atoms. The summed E-state index contributed by atoms with van der Waals surface area (Å²) in [4.78, 5) is 13.7. The van der Waals surface area contributed by atoms with Crippen LogP contribution in [0.5, 0.6) is 0 Å². The lowest BCUT2D eigenvalue weighted by molar-refractivity contribution is -0.129. The van der Waals surface area contributed by atoms with E-state index in [1.807, 2.05) is 0 Å². The van der Waals surface area contributed by atoms with Crippen LogP contribution in [-0.4, -0.2) is 60.6 Å². The van der Waals surface area contributed by atoms with E-state index < -0.39 is 23.8 Å². The van der Waals surface area contributed by atoms with Crippen molar-refractivity contribution in [2.45, 2.75) is 49.5 Å². The van der Waals surface area contributed by atoms with E-state index in [1.54, 1.807) is 42.1 Å². The van der Waals surface area contributed by atoms with Gasteiger partial charge in [-0.2, -0.15) is 0 Å². The first kappa shape index (κ1) is 22.2. The average Bonchev–Trinajstić information content (AvgIpc) is 3.32. The summed E-state index contributed by atoms with van der Waals surface area (Å²) in [5.41, 5.74) is 0.642. The number of likely N-dealkylation sites (tertiary alicyclic amines) is 1. The topological polar surface area (TPSA) is 84.1 Å². The minimum atomic E-state index is -1.94. The molecule has 0 radical (unpaired) electrons. The number of aliphatic hydroxyl groups excluding tert-OH is 1. The molecule has 1 saturated heterocycles. The number of aromatic nitrogens is 4. The zero-order valence-corrected chi connectivity index (χ0v) is 17.6. The maximum absolute atomic E-state index is 14.6. The molecule has 30 heavy (non-hydrogen) atoms. The first-order valence-electron chi connectivity index (χ1n) is 9.88. The smallest absolute Gasteiger partial charge is 0.223 e. The van der Waals surface area contributed by atoms with Crippen LogP contribution in [0.2, 0.25) is 0 Å². The van der Waals surface area contributed by atoms with Crippen molar-refractivity contribution in [2.75, 3.05) is 12.3 Å². The normalized spacial score (nSPS) is 18.6. The number of halogens is 2. The monoisotopic (exact) mass is 437 g/mol. The molecule has 1 unspecified atom stereocenters. The number of tetrazole rings is 1. The van der Waals surface area contributed by atoms with Gasteiger partial charge in [0.05, 0.1) is 6.04 Å². The summed E-state index contributed by atoms with van der Waals surface area (Å²) in [6.45, 7) is 0.383. The highest BCUT2D eigenvalue weighted by Gasteiger charge is 2.36. The van der Waals surface area contributed by atoms with E-state index in [0.29, 0.717) is 23.7 Å². The molecule has 162 valence electrons. The lowest BCUT2D eigenvalue weighted by Crippen LogP contribution is -2.36. The summed E-state index contributed by atoms with van der Waals surface area (Å²) >= 11 is 1.51. The van der Waals surface area contributed by atoms with Crippen LogP contribution in [0.15, 0.2) is 47.1 Å². The third-order valence-corrected chi connectivity index (χ3v) is 6.12. The van der Waals surface area contributed by atoms with Gasteiger partial charge in [0.2, 0.25) is 11.1 Å². The minimum Gasteiger partial charge on any atom is -0.507 e. The van der Waals surface area contributed by atoms with Crippen LogP contribution in [0.4, 0.5) is 8.78 Å². The van der Waals surface area contributed by atoms with E-state index in [2.05, 4.69) is 15.5 Å². The van der Waals surface area contributed by atoms with Crippen molar-refractivity contribution in [3.8, 4) is 0 Å². The molecule has 7 nitrogen and oxygen atoms in total. The van der Waals surface area contributed by atoms with Crippen LogP contribution in [-0.2, 0) is 18.3 Å². The van der Waals surface area contributed by atoms with E-state index in [1.165, 1.54) is 16.7 Å². The van der Waals surface area contributed by atoms with E-state index >= 15 is 0 Å². The van der Waals surface area contributed by atoms with Crippen molar-refractivity contribution < 1.29 is 18.7 Å².